The molecule has 15 heteroatoms. The number of benzene rings is 1. The molecule has 1 aromatic carbocycles. The number of amides is 2. The van der Waals surface area contributed by atoms with Crippen molar-refractivity contribution in [3.05, 3.63) is 41.9 Å². The number of aromatic nitrogens is 3. The summed E-state index contributed by atoms with van der Waals surface area (Å²) in [6.07, 6.45) is -0.578. The maximum atomic E-state index is 12.7. The lowest BCUT2D eigenvalue weighted by Crippen LogP contribution is -2.48. The van der Waals surface area contributed by atoms with Crippen molar-refractivity contribution >= 4 is 29.0 Å². The molecule has 1 aliphatic carbocycles. The first-order chi connectivity index (χ1) is 20.0. The standard InChI is InChI=1S/C27H33N7O8/c1-14-11-34(12-15(2)41-14)13-22-31-26(42-33-22)17-5-4-6-19(23(17)40-3)29-20-9-21(30-24(35)16-7-8-16)28-10-18(20)25(36)32-27(37,38)39/h4-6,9-10,14-16,37-39H,7-8,11-13H2,1-3H3,(H,32,36)(H2,28,29,30,35). The van der Waals surface area contributed by atoms with Crippen molar-refractivity contribution in [1.82, 2.24) is 25.3 Å². The summed E-state index contributed by atoms with van der Waals surface area (Å²) in [7, 11) is 1.46. The van der Waals surface area contributed by atoms with Gasteiger partial charge in [0.2, 0.25) is 5.91 Å². The van der Waals surface area contributed by atoms with E-state index < -0.39 is 12.0 Å². The van der Waals surface area contributed by atoms with Crippen molar-refractivity contribution in [3.8, 4) is 17.2 Å². The molecule has 6 N–H and O–H groups in total. The number of carbonyl (C=O) groups excluding carboxylic acids is 2. The number of rotatable bonds is 10. The zero-order valence-corrected chi connectivity index (χ0v) is 23.3. The highest BCUT2D eigenvalue weighted by Gasteiger charge is 2.31. The van der Waals surface area contributed by atoms with E-state index in [1.807, 2.05) is 13.8 Å². The molecule has 3 aromatic rings. The van der Waals surface area contributed by atoms with Crippen LogP contribution in [0.3, 0.4) is 0 Å². The number of ether oxygens (including phenoxy) is 2. The molecular weight excluding hydrogens is 550 g/mol. The van der Waals surface area contributed by atoms with E-state index in [4.69, 9.17) is 14.0 Å². The number of hydrogen-bond acceptors (Lipinski definition) is 13. The van der Waals surface area contributed by atoms with Crippen molar-refractivity contribution in [2.75, 3.05) is 30.8 Å². The van der Waals surface area contributed by atoms with Crippen LogP contribution in [0.1, 0.15) is 42.9 Å². The van der Waals surface area contributed by atoms with Crippen LogP contribution in [-0.4, -0.2) is 85.7 Å². The summed E-state index contributed by atoms with van der Waals surface area (Å²) in [6.45, 7) is 6.00. The Balaban J connectivity index is 1.42. The normalized spacial score (nSPS) is 19.3. The maximum Gasteiger partial charge on any atom is 0.369 e. The average Bonchev–Trinajstić information content (AvgIpc) is 3.66. The molecule has 0 radical (unpaired) electrons. The molecule has 0 bridgehead atoms. The van der Waals surface area contributed by atoms with Gasteiger partial charge in [0.25, 0.3) is 11.8 Å². The van der Waals surface area contributed by atoms with Crippen LogP contribution in [0.25, 0.3) is 11.5 Å². The lowest BCUT2D eigenvalue weighted by molar-refractivity contribution is -0.323. The molecule has 2 atom stereocenters. The van der Waals surface area contributed by atoms with Crippen LogP contribution in [-0.2, 0) is 16.1 Å². The van der Waals surface area contributed by atoms with Crippen molar-refractivity contribution in [1.29, 1.82) is 0 Å². The average molecular weight is 584 g/mol. The minimum absolute atomic E-state index is 0.0870. The number of morpholine rings is 1. The van der Waals surface area contributed by atoms with Crippen LogP contribution >= 0.6 is 0 Å². The molecule has 3 heterocycles. The van der Waals surface area contributed by atoms with Gasteiger partial charge in [0.15, 0.2) is 11.6 Å². The number of anilines is 3. The van der Waals surface area contributed by atoms with E-state index >= 15 is 0 Å². The van der Waals surface area contributed by atoms with Gasteiger partial charge in [-0.3, -0.25) is 19.8 Å². The topological polar surface area (TPSA) is 204 Å². The van der Waals surface area contributed by atoms with Crippen LogP contribution in [0, 0.1) is 5.92 Å². The van der Waals surface area contributed by atoms with Crippen LogP contribution < -0.4 is 20.7 Å². The molecule has 0 spiro atoms. The molecule has 15 nitrogen and oxygen atoms in total. The second-order valence-electron chi connectivity index (χ2n) is 10.4. The molecule has 2 aromatic heterocycles. The van der Waals surface area contributed by atoms with Gasteiger partial charge >= 0.3 is 6.10 Å². The predicted molar refractivity (Wildman–Crippen MR) is 147 cm³/mol. The highest BCUT2D eigenvalue weighted by atomic mass is 16.7. The van der Waals surface area contributed by atoms with Gasteiger partial charge < -0.3 is 39.9 Å². The predicted octanol–water partition coefficient (Wildman–Crippen LogP) is 1.16. The van der Waals surface area contributed by atoms with Crippen molar-refractivity contribution in [3.63, 3.8) is 0 Å². The van der Waals surface area contributed by atoms with Crippen molar-refractivity contribution < 1.29 is 38.9 Å². The third kappa shape index (κ3) is 7.18. The Morgan fingerprint density at radius 3 is 2.55 bits per heavy atom. The van der Waals surface area contributed by atoms with Crippen LogP contribution in [0.5, 0.6) is 5.75 Å². The number of aliphatic hydroxyl groups is 3. The summed E-state index contributed by atoms with van der Waals surface area (Å²) in [4.78, 5) is 35.9. The third-order valence-electron chi connectivity index (χ3n) is 6.68. The van der Waals surface area contributed by atoms with Gasteiger partial charge in [0.1, 0.15) is 5.82 Å². The number of pyridine rings is 1. The number of methoxy groups -OCH3 is 1. The summed E-state index contributed by atoms with van der Waals surface area (Å²) in [5, 5.41) is 39.4. The van der Waals surface area contributed by atoms with Crippen molar-refractivity contribution in [2.45, 2.75) is 51.5 Å². The maximum absolute atomic E-state index is 12.7. The highest BCUT2D eigenvalue weighted by Crippen LogP contribution is 2.38. The number of carbonyl (C=O) groups is 2. The fourth-order valence-corrected chi connectivity index (χ4v) is 4.81. The molecule has 1 saturated heterocycles. The summed E-state index contributed by atoms with van der Waals surface area (Å²) in [5.74, 6) is -0.144. The first kappa shape index (κ1) is 29.3. The molecule has 5 rings (SSSR count). The minimum atomic E-state index is -3.46. The van der Waals surface area contributed by atoms with E-state index in [1.165, 1.54) is 13.2 Å². The first-order valence-electron chi connectivity index (χ1n) is 13.4. The fraction of sp³-hybridized carbons (Fsp3) is 0.444. The first-order valence-corrected chi connectivity index (χ1v) is 13.4. The fourth-order valence-electron chi connectivity index (χ4n) is 4.81. The smallest absolute Gasteiger partial charge is 0.369 e. The van der Waals surface area contributed by atoms with Gasteiger partial charge in [-0.25, -0.2) is 4.98 Å². The minimum Gasteiger partial charge on any atom is -0.494 e. The third-order valence-corrected chi connectivity index (χ3v) is 6.68. The number of para-hydroxylation sites is 1. The SMILES string of the molecule is COc1c(Nc2cc(NC(=O)C3CC3)ncc2C(=O)NC(O)(O)O)cccc1-c1nc(CN2CC(C)OC(C)C2)no1. The Labute approximate surface area is 240 Å². The number of nitrogens with one attached hydrogen (secondary N) is 3. The zero-order chi connectivity index (χ0) is 30.0. The Bertz CT molecular complexity index is 1440. The molecule has 1 saturated carbocycles. The Morgan fingerprint density at radius 1 is 1.14 bits per heavy atom. The molecular formula is C27H33N7O8. The number of nitrogens with zero attached hydrogens (tertiary/aromatic N) is 4. The van der Waals surface area contributed by atoms with Gasteiger partial charge in [0.05, 0.1) is 48.4 Å². The quantitative estimate of drug-likeness (QED) is 0.186. The van der Waals surface area contributed by atoms with Gasteiger partial charge in [-0.05, 0) is 38.8 Å². The van der Waals surface area contributed by atoms with Crippen LogP contribution in [0.2, 0.25) is 0 Å². The summed E-state index contributed by atoms with van der Waals surface area (Å²) < 4.78 is 17.0. The van der Waals surface area contributed by atoms with Gasteiger partial charge in [-0.15, -0.1) is 0 Å². The van der Waals surface area contributed by atoms with Crippen LogP contribution in [0.15, 0.2) is 35.0 Å². The summed E-state index contributed by atoms with van der Waals surface area (Å²) in [6, 6.07) is 6.53. The van der Waals surface area contributed by atoms with Gasteiger partial charge in [-0.1, -0.05) is 11.2 Å². The van der Waals surface area contributed by atoms with E-state index in [-0.39, 0.29) is 47.0 Å². The van der Waals surface area contributed by atoms with E-state index in [2.05, 4.69) is 30.7 Å². The Kier molecular flexibility index (Phi) is 8.38. The second kappa shape index (κ2) is 12.0. The lowest BCUT2D eigenvalue weighted by Gasteiger charge is -2.34. The van der Waals surface area contributed by atoms with E-state index in [1.54, 1.807) is 23.5 Å². The largest absolute Gasteiger partial charge is 0.494 e. The van der Waals surface area contributed by atoms with Crippen molar-refractivity contribution in [2.24, 2.45) is 5.92 Å². The molecule has 224 valence electrons. The monoisotopic (exact) mass is 583 g/mol. The van der Waals surface area contributed by atoms with Crippen LogP contribution in [0.4, 0.5) is 17.2 Å². The zero-order valence-electron chi connectivity index (χ0n) is 23.3. The molecule has 2 amide bonds. The van der Waals surface area contributed by atoms with E-state index in [9.17, 15) is 24.9 Å². The molecule has 2 fully saturated rings. The van der Waals surface area contributed by atoms with Gasteiger partial charge in [0, 0.05) is 31.3 Å². The van der Waals surface area contributed by atoms with E-state index in [0.717, 1.165) is 32.1 Å². The Hall–Kier alpha value is -4.15. The summed E-state index contributed by atoms with van der Waals surface area (Å²) in [5.41, 5.74) is 0.818. The number of hydrogen-bond donors (Lipinski definition) is 6. The lowest BCUT2D eigenvalue weighted by atomic mass is 10.1. The van der Waals surface area contributed by atoms with Gasteiger partial charge in [-0.2, -0.15) is 4.98 Å². The van der Waals surface area contributed by atoms with E-state index in [0.29, 0.717) is 29.4 Å². The molecule has 2 aliphatic rings. The summed E-state index contributed by atoms with van der Waals surface area (Å²) >= 11 is 0. The second-order valence-corrected chi connectivity index (χ2v) is 10.4. The molecule has 42 heavy (non-hydrogen) atoms. The molecule has 2 unspecified atom stereocenters. The molecule has 1 aliphatic heterocycles. The highest BCUT2D eigenvalue weighted by molar-refractivity contribution is 6.02. The Morgan fingerprint density at radius 2 is 1.88 bits per heavy atom.